The maximum absolute atomic E-state index is 14.1. The molecule has 0 atom stereocenters. The van der Waals surface area contributed by atoms with Gasteiger partial charge in [0.15, 0.2) is 11.6 Å². The van der Waals surface area contributed by atoms with E-state index in [1.165, 1.54) is 0 Å². The van der Waals surface area contributed by atoms with Gasteiger partial charge in [0.2, 0.25) is 0 Å². The van der Waals surface area contributed by atoms with Crippen molar-refractivity contribution < 1.29 is 4.39 Å². The van der Waals surface area contributed by atoms with Gasteiger partial charge in [0.05, 0.1) is 5.88 Å². The van der Waals surface area contributed by atoms with E-state index in [1.54, 1.807) is 12.3 Å². The second-order valence-electron chi connectivity index (χ2n) is 5.31. The van der Waals surface area contributed by atoms with Crippen LogP contribution in [0.25, 0.3) is 0 Å². The molecule has 1 aromatic heterocycles. The standard InChI is InChI=1S/C14H20ClFN2/c1-10(2)11-4-7-18(8-5-11)14-13(16)12(9-15)3-6-17-14/h3,6,10-11H,4-5,7-9H2,1-2H3. The summed E-state index contributed by atoms with van der Waals surface area (Å²) in [6.07, 6.45) is 3.87. The fraction of sp³-hybridized carbons (Fsp3) is 0.643. The summed E-state index contributed by atoms with van der Waals surface area (Å²) >= 11 is 5.72. The molecule has 18 heavy (non-hydrogen) atoms. The molecule has 0 unspecified atom stereocenters. The number of piperidine rings is 1. The van der Waals surface area contributed by atoms with Gasteiger partial charge in [-0.25, -0.2) is 9.37 Å². The van der Waals surface area contributed by atoms with E-state index in [4.69, 9.17) is 11.6 Å². The molecule has 0 spiro atoms. The number of hydrogen-bond acceptors (Lipinski definition) is 2. The third kappa shape index (κ3) is 2.77. The molecule has 0 aliphatic carbocycles. The zero-order valence-electron chi connectivity index (χ0n) is 11.0. The van der Waals surface area contributed by atoms with Crippen molar-refractivity contribution in [3.8, 4) is 0 Å². The maximum atomic E-state index is 14.1. The third-order valence-electron chi connectivity index (χ3n) is 3.88. The number of halogens is 2. The summed E-state index contributed by atoms with van der Waals surface area (Å²) in [7, 11) is 0. The minimum absolute atomic E-state index is 0.198. The summed E-state index contributed by atoms with van der Waals surface area (Å²) in [5.41, 5.74) is 0.535. The van der Waals surface area contributed by atoms with Crippen LogP contribution in [0.5, 0.6) is 0 Å². The zero-order valence-corrected chi connectivity index (χ0v) is 11.8. The number of alkyl halides is 1. The van der Waals surface area contributed by atoms with Crippen molar-refractivity contribution in [3.63, 3.8) is 0 Å². The first-order valence-corrected chi connectivity index (χ1v) is 7.11. The number of aromatic nitrogens is 1. The van der Waals surface area contributed by atoms with Gasteiger partial charge in [0, 0.05) is 24.8 Å². The number of hydrogen-bond donors (Lipinski definition) is 0. The van der Waals surface area contributed by atoms with Gasteiger partial charge in [-0.2, -0.15) is 0 Å². The van der Waals surface area contributed by atoms with Crippen molar-refractivity contribution in [3.05, 3.63) is 23.6 Å². The van der Waals surface area contributed by atoms with Crippen molar-refractivity contribution in [2.45, 2.75) is 32.6 Å². The predicted octanol–water partition coefficient (Wildman–Crippen LogP) is 3.83. The number of anilines is 1. The first-order valence-electron chi connectivity index (χ1n) is 6.57. The second kappa shape index (κ2) is 5.87. The fourth-order valence-electron chi connectivity index (χ4n) is 2.57. The number of rotatable bonds is 3. The second-order valence-corrected chi connectivity index (χ2v) is 5.58. The lowest BCUT2D eigenvalue weighted by Crippen LogP contribution is -2.36. The van der Waals surface area contributed by atoms with Gasteiger partial charge in [0.1, 0.15) is 0 Å². The van der Waals surface area contributed by atoms with Crippen LogP contribution < -0.4 is 4.90 Å². The minimum atomic E-state index is -0.254. The van der Waals surface area contributed by atoms with Crippen LogP contribution >= 0.6 is 11.6 Å². The summed E-state index contributed by atoms with van der Waals surface area (Å²) < 4.78 is 14.1. The van der Waals surface area contributed by atoms with Crippen LogP contribution in [0.1, 0.15) is 32.3 Å². The Bertz CT molecular complexity index is 401. The molecular formula is C14H20ClFN2. The summed E-state index contributed by atoms with van der Waals surface area (Å²) in [4.78, 5) is 6.22. The van der Waals surface area contributed by atoms with E-state index in [2.05, 4.69) is 18.8 Å². The Balaban J connectivity index is 2.10. The SMILES string of the molecule is CC(C)C1CCN(c2nccc(CCl)c2F)CC1. The summed E-state index contributed by atoms with van der Waals surface area (Å²) in [5, 5.41) is 0. The molecule has 2 nitrogen and oxygen atoms in total. The summed E-state index contributed by atoms with van der Waals surface area (Å²) in [6, 6.07) is 1.65. The van der Waals surface area contributed by atoms with Crippen LogP contribution in [0, 0.1) is 17.7 Å². The highest BCUT2D eigenvalue weighted by Crippen LogP contribution is 2.29. The Morgan fingerprint density at radius 2 is 2.11 bits per heavy atom. The molecule has 0 saturated carbocycles. The quantitative estimate of drug-likeness (QED) is 0.776. The van der Waals surface area contributed by atoms with Crippen LogP contribution in [-0.2, 0) is 5.88 Å². The Labute approximate surface area is 113 Å². The van der Waals surface area contributed by atoms with Crippen LogP contribution in [0.3, 0.4) is 0 Å². The third-order valence-corrected chi connectivity index (χ3v) is 4.16. The van der Waals surface area contributed by atoms with Crippen molar-refractivity contribution in [2.24, 2.45) is 11.8 Å². The maximum Gasteiger partial charge on any atom is 0.170 e. The van der Waals surface area contributed by atoms with Gasteiger partial charge >= 0.3 is 0 Å². The van der Waals surface area contributed by atoms with Crippen molar-refractivity contribution in [2.75, 3.05) is 18.0 Å². The lowest BCUT2D eigenvalue weighted by Gasteiger charge is -2.34. The molecule has 0 amide bonds. The Hall–Kier alpha value is -0.830. The molecule has 4 heteroatoms. The molecule has 2 heterocycles. The van der Waals surface area contributed by atoms with Crippen LogP contribution in [-0.4, -0.2) is 18.1 Å². The van der Waals surface area contributed by atoms with Gasteiger partial charge < -0.3 is 4.90 Å². The van der Waals surface area contributed by atoms with Crippen LogP contribution in [0.15, 0.2) is 12.3 Å². The highest BCUT2D eigenvalue weighted by molar-refractivity contribution is 6.17. The van der Waals surface area contributed by atoms with Gasteiger partial charge in [0.25, 0.3) is 0 Å². The van der Waals surface area contributed by atoms with E-state index in [1.807, 2.05) is 4.90 Å². The predicted molar refractivity (Wildman–Crippen MR) is 73.5 cm³/mol. The van der Waals surface area contributed by atoms with E-state index in [-0.39, 0.29) is 11.7 Å². The molecule has 1 aliphatic rings. The van der Waals surface area contributed by atoms with E-state index in [0.717, 1.165) is 31.8 Å². The molecule has 0 bridgehead atoms. The monoisotopic (exact) mass is 270 g/mol. The Morgan fingerprint density at radius 1 is 1.44 bits per heavy atom. The molecule has 1 saturated heterocycles. The molecule has 1 aliphatic heterocycles. The van der Waals surface area contributed by atoms with Gasteiger partial charge in [-0.1, -0.05) is 13.8 Å². The molecule has 100 valence electrons. The summed E-state index contributed by atoms with van der Waals surface area (Å²) in [5.74, 6) is 1.87. The number of pyridine rings is 1. The minimum Gasteiger partial charge on any atom is -0.354 e. The molecule has 0 N–H and O–H groups in total. The smallest absolute Gasteiger partial charge is 0.170 e. The fourth-order valence-corrected chi connectivity index (χ4v) is 2.78. The molecular weight excluding hydrogens is 251 g/mol. The van der Waals surface area contributed by atoms with E-state index >= 15 is 0 Å². The molecule has 1 fully saturated rings. The topological polar surface area (TPSA) is 16.1 Å². The average Bonchev–Trinajstić information content (AvgIpc) is 2.39. The molecule has 0 radical (unpaired) electrons. The van der Waals surface area contributed by atoms with E-state index < -0.39 is 0 Å². The van der Waals surface area contributed by atoms with Crippen LogP contribution in [0.4, 0.5) is 10.2 Å². The lowest BCUT2D eigenvalue weighted by molar-refractivity contribution is 0.309. The Morgan fingerprint density at radius 3 is 2.67 bits per heavy atom. The van der Waals surface area contributed by atoms with Crippen molar-refractivity contribution >= 4 is 17.4 Å². The van der Waals surface area contributed by atoms with Crippen LogP contribution in [0.2, 0.25) is 0 Å². The van der Waals surface area contributed by atoms with Gasteiger partial charge in [-0.05, 0) is 30.7 Å². The largest absolute Gasteiger partial charge is 0.354 e. The molecule has 0 aromatic carbocycles. The first-order chi connectivity index (χ1) is 8.63. The lowest BCUT2D eigenvalue weighted by atomic mass is 9.87. The van der Waals surface area contributed by atoms with Crippen molar-refractivity contribution in [1.29, 1.82) is 0 Å². The highest BCUT2D eigenvalue weighted by atomic mass is 35.5. The molecule has 2 rings (SSSR count). The van der Waals surface area contributed by atoms with E-state index in [0.29, 0.717) is 17.3 Å². The zero-order chi connectivity index (χ0) is 13.1. The average molecular weight is 271 g/mol. The Kier molecular flexibility index (Phi) is 4.44. The van der Waals surface area contributed by atoms with Gasteiger partial charge in [-0.3, -0.25) is 0 Å². The van der Waals surface area contributed by atoms with E-state index in [9.17, 15) is 4.39 Å². The normalized spacial score (nSPS) is 17.5. The highest BCUT2D eigenvalue weighted by Gasteiger charge is 2.24. The number of nitrogens with zero attached hydrogens (tertiary/aromatic N) is 2. The van der Waals surface area contributed by atoms with Gasteiger partial charge in [-0.15, -0.1) is 11.6 Å². The molecule has 1 aromatic rings. The summed E-state index contributed by atoms with van der Waals surface area (Å²) in [6.45, 7) is 6.29. The van der Waals surface area contributed by atoms with Crippen molar-refractivity contribution in [1.82, 2.24) is 4.98 Å². The first kappa shape index (κ1) is 13.6.